The summed E-state index contributed by atoms with van der Waals surface area (Å²) >= 11 is 0. The molecule has 1 amide bonds. The van der Waals surface area contributed by atoms with Crippen LogP contribution >= 0.6 is 0 Å². The Labute approximate surface area is 154 Å². The second-order valence-corrected chi connectivity index (χ2v) is 8.60. The molecular formula is C19H24N2O4S. The second kappa shape index (κ2) is 8.05. The molecule has 1 N–H and O–H groups in total. The average molecular weight is 376 g/mol. The third-order valence-corrected chi connectivity index (χ3v) is 6.77. The molecule has 0 atom stereocenters. The van der Waals surface area contributed by atoms with Crippen molar-refractivity contribution in [3.63, 3.8) is 0 Å². The quantitative estimate of drug-likeness (QED) is 0.840. The summed E-state index contributed by atoms with van der Waals surface area (Å²) in [6.45, 7) is 0.255. The molecule has 6 nitrogen and oxygen atoms in total. The molecule has 0 unspecified atom stereocenters. The minimum Gasteiger partial charge on any atom is -0.467 e. The van der Waals surface area contributed by atoms with Gasteiger partial charge in [0.25, 0.3) is 5.91 Å². The molecule has 0 bridgehead atoms. The molecule has 1 fully saturated rings. The van der Waals surface area contributed by atoms with Crippen LogP contribution in [-0.4, -0.2) is 31.7 Å². The highest BCUT2D eigenvalue weighted by atomic mass is 32.2. The summed E-state index contributed by atoms with van der Waals surface area (Å²) < 4.78 is 32.5. The van der Waals surface area contributed by atoms with Gasteiger partial charge in [0.2, 0.25) is 10.0 Å². The molecule has 1 saturated carbocycles. The number of furan rings is 1. The lowest BCUT2D eigenvalue weighted by Gasteiger charge is -2.30. The maximum absolute atomic E-state index is 12.9. The van der Waals surface area contributed by atoms with Gasteiger partial charge in [-0.1, -0.05) is 25.3 Å². The number of hydrogen-bond acceptors (Lipinski definition) is 4. The predicted octanol–water partition coefficient (Wildman–Crippen LogP) is 3.16. The van der Waals surface area contributed by atoms with E-state index in [4.69, 9.17) is 4.42 Å². The fourth-order valence-corrected chi connectivity index (χ4v) is 4.75. The van der Waals surface area contributed by atoms with Crippen LogP contribution in [0.4, 0.5) is 0 Å². The Kier molecular flexibility index (Phi) is 5.78. The van der Waals surface area contributed by atoms with Gasteiger partial charge in [-0.25, -0.2) is 8.42 Å². The zero-order chi connectivity index (χ0) is 18.6. The van der Waals surface area contributed by atoms with Crippen LogP contribution in [0.3, 0.4) is 0 Å². The van der Waals surface area contributed by atoms with E-state index in [9.17, 15) is 13.2 Å². The summed E-state index contributed by atoms with van der Waals surface area (Å²) in [5.74, 6) is 0.304. The third-order valence-electron chi connectivity index (χ3n) is 4.87. The number of benzene rings is 1. The minimum atomic E-state index is -3.62. The zero-order valence-electron chi connectivity index (χ0n) is 14.8. The SMILES string of the molecule is CN(C1CCCCC1)S(=O)(=O)c1cccc(C(=O)NCc2ccco2)c1. The van der Waals surface area contributed by atoms with Gasteiger partial charge in [-0.2, -0.15) is 4.31 Å². The molecule has 140 valence electrons. The zero-order valence-corrected chi connectivity index (χ0v) is 15.7. The van der Waals surface area contributed by atoms with Crippen molar-refractivity contribution in [1.82, 2.24) is 9.62 Å². The standard InChI is InChI=1S/C19H24N2O4S/c1-21(16-8-3-2-4-9-16)26(23,24)18-11-5-7-15(13-18)19(22)20-14-17-10-6-12-25-17/h5-7,10-13,16H,2-4,8-9,14H2,1H3,(H,20,22). The molecule has 26 heavy (non-hydrogen) atoms. The lowest BCUT2D eigenvalue weighted by molar-refractivity contribution is 0.0948. The molecule has 1 aromatic carbocycles. The number of carbonyl (C=O) groups excluding carboxylic acids is 1. The molecule has 1 aromatic heterocycles. The van der Waals surface area contributed by atoms with E-state index in [0.717, 1.165) is 32.1 Å². The topological polar surface area (TPSA) is 79.6 Å². The summed E-state index contributed by atoms with van der Waals surface area (Å²) in [4.78, 5) is 12.5. The van der Waals surface area contributed by atoms with Crippen molar-refractivity contribution in [2.75, 3.05) is 7.05 Å². The van der Waals surface area contributed by atoms with Gasteiger partial charge in [0.15, 0.2) is 0 Å². The van der Waals surface area contributed by atoms with Crippen LogP contribution in [0.15, 0.2) is 52.0 Å². The summed E-state index contributed by atoms with van der Waals surface area (Å²) in [6.07, 6.45) is 6.59. The van der Waals surface area contributed by atoms with Crippen molar-refractivity contribution < 1.29 is 17.6 Å². The molecule has 0 radical (unpaired) electrons. The molecule has 2 aromatic rings. The van der Waals surface area contributed by atoms with Crippen LogP contribution in [0.5, 0.6) is 0 Å². The first-order valence-corrected chi connectivity index (χ1v) is 10.3. The number of amides is 1. The Morgan fingerprint density at radius 3 is 2.65 bits per heavy atom. The Morgan fingerprint density at radius 1 is 1.19 bits per heavy atom. The van der Waals surface area contributed by atoms with E-state index < -0.39 is 10.0 Å². The monoisotopic (exact) mass is 376 g/mol. The third kappa shape index (κ3) is 4.16. The van der Waals surface area contributed by atoms with Crippen LogP contribution in [0, 0.1) is 0 Å². The maximum Gasteiger partial charge on any atom is 0.251 e. The molecule has 7 heteroatoms. The average Bonchev–Trinajstić information content (AvgIpc) is 3.20. The molecule has 1 heterocycles. The lowest BCUT2D eigenvalue weighted by atomic mass is 9.96. The van der Waals surface area contributed by atoms with Gasteiger partial charge in [0.05, 0.1) is 17.7 Å². The number of carbonyl (C=O) groups is 1. The van der Waals surface area contributed by atoms with Crippen LogP contribution in [0.2, 0.25) is 0 Å². The van der Waals surface area contributed by atoms with E-state index in [0.29, 0.717) is 11.3 Å². The van der Waals surface area contributed by atoms with Gasteiger partial charge < -0.3 is 9.73 Å². The Morgan fingerprint density at radius 2 is 1.96 bits per heavy atom. The van der Waals surface area contributed by atoms with Gasteiger partial charge >= 0.3 is 0 Å². The van der Waals surface area contributed by atoms with Crippen molar-refractivity contribution >= 4 is 15.9 Å². The summed E-state index contributed by atoms with van der Waals surface area (Å²) in [7, 11) is -1.98. The lowest BCUT2D eigenvalue weighted by Crippen LogP contribution is -2.38. The molecular weight excluding hydrogens is 352 g/mol. The van der Waals surface area contributed by atoms with Crippen molar-refractivity contribution in [2.24, 2.45) is 0 Å². The molecule has 1 aliphatic carbocycles. The van der Waals surface area contributed by atoms with Crippen LogP contribution < -0.4 is 5.32 Å². The van der Waals surface area contributed by atoms with Crippen LogP contribution in [0.1, 0.15) is 48.2 Å². The first kappa shape index (κ1) is 18.7. The molecule has 0 spiro atoms. The first-order valence-electron chi connectivity index (χ1n) is 8.87. The first-order chi connectivity index (χ1) is 12.5. The number of nitrogens with zero attached hydrogens (tertiary/aromatic N) is 1. The van der Waals surface area contributed by atoms with Crippen LogP contribution in [-0.2, 0) is 16.6 Å². The fraction of sp³-hybridized carbons (Fsp3) is 0.421. The van der Waals surface area contributed by atoms with Gasteiger partial charge in [-0.15, -0.1) is 0 Å². The Hall–Kier alpha value is -2.12. The van der Waals surface area contributed by atoms with Crippen LogP contribution in [0.25, 0.3) is 0 Å². The van der Waals surface area contributed by atoms with Gasteiger partial charge in [-0.3, -0.25) is 4.79 Å². The van der Waals surface area contributed by atoms with E-state index in [1.165, 1.54) is 22.7 Å². The molecule has 0 saturated heterocycles. The van der Waals surface area contributed by atoms with Gasteiger partial charge in [0.1, 0.15) is 5.76 Å². The summed E-state index contributed by atoms with van der Waals surface area (Å²) in [5, 5.41) is 2.73. The molecule has 0 aliphatic heterocycles. The number of nitrogens with one attached hydrogen (secondary N) is 1. The summed E-state index contributed by atoms with van der Waals surface area (Å²) in [5.41, 5.74) is 0.315. The highest BCUT2D eigenvalue weighted by Gasteiger charge is 2.29. The van der Waals surface area contributed by atoms with Crippen molar-refractivity contribution in [3.8, 4) is 0 Å². The van der Waals surface area contributed by atoms with Gasteiger partial charge in [0, 0.05) is 18.7 Å². The fourth-order valence-electron chi connectivity index (χ4n) is 3.29. The van der Waals surface area contributed by atoms with E-state index in [1.807, 2.05) is 0 Å². The van der Waals surface area contributed by atoms with Crippen molar-refractivity contribution in [2.45, 2.75) is 49.6 Å². The number of hydrogen-bond donors (Lipinski definition) is 1. The normalized spacial score (nSPS) is 15.9. The Balaban J connectivity index is 1.73. The van der Waals surface area contributed by atoms with E-state index in [-0.39, 0.29) is 23.4 Å². The van der Waals surface area contributed by atoms with E-state index in [2.05, 4.69) is 5.32 Å². The highest BCUT2D eigenvalue weighted by molar-refractivity contribution is 7.89. The number of sulfonamides is 1. The minimum absolute atomic E-state index is 0.0326. The number of rotatable bonds is 6. The van der Waals surface area contributed by atoms with E-state index >= 15 is 0 Å². The highest BCUT2D eigenvalue weighted by Crippen LogP contribution is 2.26. The molecule has 3 rings (SSSR count). The second-order valence-electron chi connectivity index (χ2n) is 6.60. The van der Waals surface area contributed by atoms with E-state index in [1.54, 1.807) is 31.3 Å². The largest absolute Gasteiger partial charge is 0.467 e. The summed E-state index contributed by atoms with van der Waals surface area (Å²) in [6, 6.07) is 9.73. The van der Waals surface area contributed by atoms with Crippen molar-refractivity contribution in [3.05, 3.63) is 54.0 Å². The van der Waals surface area contributed by atoms with Crippen molar-refractivity contribution in [1.29, 1.82) is 0 Å². The molecule has 1 aliphatic rings. The maximum atomic E-state index is 12.9. The Bertz CT molecular complexity index is 840. The predicted molar refractivity (Wildman–Crippen MR) is 98.1 cm³/mol. The smallest absolute Gasteiger partial charge is 0.251 e. The van der Waals surface area contributed by atoms with Gasteiger partial charge in [-0.05, 0) is 43.2 Å².